The van der Waals surface area contributed by atoms with Crippen LogP contribution in [0.5, 0.6) is 5.75 Å². The number of hydrogen-bond acceptors (Lipinski definition) is 3. The van der Waals surface area contributed by atoms with E-state index in [1.54, 1.807) is 0 Å². The van der Waals surface area contributed by atoms with Crippen LogP contribution in [0.2, 0.25) is 0 Å². The van der Waals surface area contributed by atoms with Crippen molar-refractivity contribution < 1.29 is 9.53 Å². The fourth-order valence-electron chi connectivity index (χ4n) is 3.53. The minimum atomic E-state index is 0.0335. The van der Waals surface area contributed by atoms with Crippen molar-refractivity contribution in [3.63, 3.8) is 0 Å². The van der Waals surface area contributed by atoms with Crippen molar-refractivity contribution in [1.29, 1.82) is 0 Å². The van der Waals surface area contributed by atoms with E-state index < -0.39 is 0 Å². The highest BCUT2D eigenvalue weighted by Gasteiger charge is 2.15. The average Bonchev–Trinajstić information content (AvgIpc) is 2.70. The topological polar surface area (TPSA) is 41.6 Å². The highest BCUT2D eigenvalue weighted by Crippen LogP contribution is 2.19. The molecule has 0 unspecified atom stereocenters. The molecule has 4 heteroatoms. The van der Waals surface area contributed by atoms with Crippen molar-refractivity contribution >= 4 is 11.6 Å². The second-order valence-electron chi connectivity index (χ2n) is 7.92. The van der Waals surface area contributed by atoms with Crippen LogP contribution in [0.15, 0.2) is 48.5 Å². The van der Waals surface area contributed by atoms with Gasteiger partial charge in [0.2, 0.25) is 5.91 Å². The van der Waals surface area contributed by atoms with Gasteiger partial charge in [0.25, 0.3) is 0 Å². The maximum Gasteiger partial charge on any atom is 0.224 e. The summed E-state index contributed by atoms with van der Waals surface area (Å²) < 4.78 is 5.75. The Balaban J connectivity index is 1.36. The monoisotopic (exact) mass is 380 g/mol. The molecule has 1 fully saturated rings. The molecule has 0 bridgehead atoms. The molecule has 0 aliphatic carbocycles. The number of amides is 1. The molecule has 1 heterocycles. The molecule has 150 valence electrons. The van der Waals surface area contributed by atoms with Gasteiger partial charge in [-0.3, -0.25) is 9.69 Å². The molecule has 0 spiro atoms. The predicted molar refractivity (Wildman–Crippen MR) is 115 cm³/mol. The normalized spacial score (nSPS) is 15.4. The van der Waals surface area contributed by atoms with E-state index in [0.717, 1.165) is 29.5 Å². The van der Waals surface area contributed by atoms with Gasteiger partial charge >= 0.3 is 0 Å². The molecule has 0 saturated carbocycles. The molecule has 4 nitrogen and oxygen atoms in total. The van der Waals surface area contributed by atoms with Crippen LogP contribution in [0.1, 0.15) is 43.7 Å². The molecule has 1 aliphatic rings. The summed E-state index contributed by atoms with van der Waals surface area (Å²) >= 11 is 0. The number of piperidine rings is 1. The predicted octanol–water partition coefficient (Wildman–Crippen LogP) is 5.02. The lowest BCUT2D eigenvalue weighted by molar-refractivity contribution is -0.116. The van der Waals surface area contributed by atoms with Crippen molar-refractivity contribution in [1.82, 2.24) is 4.90 Å². The fourth-order valence-corrected chi connectivity index (χ4v) is 3.53. The zero-order valence-corrected chi connectivity index (χ0v) is 17.1. The first-order chi connectivity index (χ1) is 13.6. The fraction of sp³-hybridized carbons (Fsp3) is 0.458. The number of nitrogens with one attached hydrogen (secondary N) is 1. The summed E-state index contributed by atoms with van der Waals surface area (Å²) in [5.41, 5.74) is 3.28. The summed E-state index contributed by atoms with van der Waals surface area (Å²) in [7, 11) is 0. The quantitative estimate of drug-likeness (QED) is 0.654. The van der Waals surface area contributed by atoms with Gasteiger partial charge in [0, 0.05) is 18.7 Å². The van der Waals surface area contributed by atoms with Gasteiger partial charge in [-0.25, -0.2) is 0 Å². The maximum absolute atomic E-state index is 12.1. The average molecular weight is 381 g/mol. The van der Waals surface area contributed by atoms with E-state index in [2.05, 4.69) is 29.3 Å². The van der Waals surface area contributed by atoms with Gasteiger partial charge in [0.05, 0.1) is 6.61 Å². The zero-order chi connectivity index (χ0) is 19.8. The van der Waals surface area contributed by atoms with Crippen LogP contribution in [0.3, 0.4) is 0 Å². The Kier molecular flexibility index (Phi) is 7.49. The van der Waals surface area contributed by atoms with Gasteiger partial charge in [0.1, 0.15) is 5.75 Å². The molecule has 2 aromatic rings. The van der Waals surface area contributed by atoms with E-state index in [1.165, 1.54) is 31.5 Å². The molecule has 1 N–H and O–H groups in total. The van der Waals surface area contributed by atoms with Crippen LogP contribution >= 0.6 is 0 Å². The molecule has 1 amide bonds. The van der Waals surface area contributed by atoms with Crippen molar-refractivity contribution in [3.8, 4) is 5.75 Å². The number of ether oxygens (including phenoxy) is 1. The Morgan fingerprint density at radius 1 is 1.11 bits per heavy atom. The van der Waals surface area contributed by atoms with Crippen LogP contribution in [-0.2, 0) is 11.3 Å². The first-order valence-electron chi connectivity index (χ1n) is 10.4. The Morgan fingerprint density at radius 3 is 2.54 bits per heavy atom. The lowest BCUT2D eigenvalue weighted by Gasteiger charge is -2.30. The molecule has 0 radical (unpaired) electrons. The maximum atomic E-state index is 12.1. The Bertz CT molecular complexity index is 749. The van der Waals surface area contributed by atoms with Crippen LogP contribution < -0.4 is 10.1 Å². The summed E-state index contributed by atoms with van der Waals surface area (Å²) in [6, 6.07) is 16.2. The van der Waals surface area contributed by atoms with E-state index in [4.69, 9.17) is 4.74 Å². The van der Waals surface area contributed by atoms with Crippen LogP contribution in [-0.4, -0.2) is 30.5 Å². The molecule has 0 aromatic heterocycles. The lowest BCUT2D eigenvalue weighted by Crippen LogP contribution is -2.32. The van der Waals surface area contributed by atoms with Gasteiger partial charge in [-0.05, 0) is 74.5 Å². The molecule has 0 atom stereocenters. The van der Waals surface area contributed by atoms with Crippen molar-refractivity contribution in [2.45, 2.75) is 46.1 Å². The van der Waals surface area contributed by atoms with E-state index >= 15 is 0 Å². The first kappa shape index (κ1) is 20.4. The number of aryl methyl sites for hydroxylation is 1. The standard InChI is InChI=1S/C24H32N2O2/c1-19-13-15-26(16-14-19)18-21-9-11-22(12-10-21)25-24(27)8-5-17-28-23-7-4-3-6-20(23)2/h3-4,6-7,9-12,19H,5,8,13-18H2,1-2H3,(H,25,27). The van der Waals surface area contributed by atoms with E-state index in [-0.39, 0.29) is 5.91 Å². The number of para-hydroxylation sites is 1. The summed E-state index contributed by atoms with van der Waals surface area (Å²) in [6.07, 6.45) is 3.74. The largest absolute Gasteiger partial charge is 0.493 e. The van der Waals surface area contributed by atoms with Gasteiger partial charge in [-0.1, -0.05) is 37.3 Å². The summed E-state index contributed by atoms with van der Waals surface area (Å²) in [5, 5.41) is 2.98. The number of benzene rings is 2. The number of carbonyl (C=O) groups is 1. The third-order valence-corrected chi connectivity index (χ3v) is 5.42. The lowest BCUT2D eigenvalue weighted by atomic mass is 9.99. The first-order valence-corrected chi connectivity index (χ1v) is 10.4. The van der Waals surface area contributed by atoms with Gasteiger partial charge < -0.3 is 10.1 Å². The van der Waals surface area contributed by atoms with Crippen molar-refractivity contribution in [2.75, 3.05) is 25.0 Å². The Morgan fingerprint density at radius 2 is 1.82 bits per heavy atom. The number of hydrogen-bond donors (Lipinski definition) is 1. The van der Waals surface area contributed by atoms with E-state index in [1.807, 2.05) is 43.3 Å². The molecule has 2 aromatic carbocycles. The molecule has 3 rings (SSSR count). The number of rotatable bonds is 8. The van der Waals surface area contributed by atoms with Crippen LogP contribution in [0.25, 0.3) is 0 Å². The van der Waals surface area contributed by atoms with Crippen LogP contribution in [0, 0.1) is 12.8 Å². The molecule has 1 aliphatic heterocycles. The van der Waals surface area contributed by atoms with Crippen molar-refractivity contribution in [3.05, 3.63) is 59.7 Å². The number of nitrogens with zero attached hydrogens (tertiary/aromatic N) is 1. The zero-order valence-electron chi connectivity index (χ0n) is 17.1. The van der Waals surface area contributed by atoms with Gasteiger partial charge in [-0.15, -0.1) is 0 Å². The highest BCUT2D eigenvalue weighted by atomic mass is 16.5. The van der Waals surface area contributed by atoms with Gasteiger partial charge in [-0.2, -0.15) is 0 Å². The number of anilines is 1. The third kappa shape index (κ3) is 6.38. The summed E-state index contributed by atoms with van der Waals surface area (Å²) in [4.78, 5) is 14.7. The summed E-state index contributed by atoms with van der Waals surface area (Å²) in [5.74, 6) is 1.78. The van der Waals surface area contributed by atoms with E-state index in [0.29, 0.717) is 19.4 Å². The third-order valence-electron chi connectivity index (χ3n) is 5.42. The smallest absolute Gasteiger partial charge is 0.224 e. The van der Waals surface area contributed by atoms with Crippen molar-refractivity contribution in [2.24, 2.45) is 5.92 Å². The number of carbonyl (C=O) groups excluding carboxylic acids is 1. The van der Waals surface area contributed by atoms with Crippen LogP contribution in [0.4, 0.5) is 5.69 Å². The van der Waals surface area contributed by atoms with Gasteiger partial charge in [0.15, 0.2) is 0 Å². The molecule has 28 heavy (non-hydrogen) atoms. The molecular formula is C24H32N2O2. The molecular weight excluding hydrogens is 348 g/mol. The van der Waals surface area contributed by atoms with E-state index in [9.17, 15) is 4.79 Å². The minimum absolute atomic E-state index is 0.0335. The Hall–Kier alpha value is -2.33. The Labute approximate surface area is 168 Å². The number of likely N-dealkylation sites (tertiary alicyclic amines) is 1. The minimum Gasteiger partial charge on any atom is -0.493 e. The highest BCUT2D eigenvalue weighted by molar-refractivity contribution is 5.90. The SMILES string of the molecule is Cc1ccccc1OCCCC(=O)Nc1ccc(CN2CCC(C)CC2)cc1. The molecule has 1 saturated heterocycles. The second kappa shape index (κ2) is 10.3. The second-order valence-corrected chi connectivity index (χ2v) is 7.92. The summed E-state index contributed by atoms with van der Waals surface area (Å²) in [6.45, 7) is 8.28.